The second kappa shape index (κ2) is 5.82. The maximum Gasteiger partial charge on any atom is 0.406 e. The molecular weight excluding hydrogens is 201 g/mol. The predicted octanol–water partition coefficient (Wildman–Crippen LogP) is -0.0176. The largest absolute Gasteiger partial charge is 0.406 e. The minimum absolute atomic E-state index is 0.158. The van der Waals surface area contributed by atoms with Crippen molar-refractivity contribution in [3.05, 3.63) is 0 Å². The number of hydrogen-bond acceptors (Lipinski definition) is 3. The molecule has 84 valence electrons. The van der Waals surface area contributed by atoms with Gasteiger partial charge in [0.1, 0.15) is 13.2 Å². The fourth-order valence-electron chi connectivity index (χ4n) is 0.710. The summed E-state index contributed by atoms with van der Waals surface area (Å²) >= 11 is 0. The molecule has 2 N–H and O–H groups in total. The van der Waals surface area contributed by atoms with Crippen molar-refractivity contribution in [3.63, 3.8) is 0 Å². The third-order valence-corrected chi connectivity index (χ3v) is 1.33. The molecule has 0 bridgehead atoms. The van der Waals surface area contributed by atoms with E-state index in [2.05, 4.69) is 0 Å². The van der Waals surface area contributed by atoms with Crippen LogP contribution >= 0.6 is 0 Å². The zero-order chi connectivity index (χ0) is 11.2. The summed E-state index contributed by atoms with van der Waals surface area (Å²) in [6.45, 7) is -1.25. The number of likely N-dealkylation sites (N-methyl/N-ethyl adjacent to an activating group) is 1. The molecule has 14 heavy (non-hydrogen) atoms. The van der Waals surface area contributed by atoms with Crippen LogP contribution in [0.15, 0.2) is 0 Å². The molecule has 0 atom stereocenters. The highest BCUT2D eigenvalue weighted by molar-refractivity contribution is 5.77. The van der Waals surface area contributed by atoms with E-state index in [-0.39, 0.29) is 19.8 Å². The molecule has 0 saturated heterocycles. The van der Waals surface area contributed by atoms with Crippen LogP contribution < -0.4 is 5.73 Å². The number of ether oxygens (including phenoxy) is 1. The third-order valence-electron chi connectivity index (χ3n) is 1.33. The van der Waals surface area contributed by atoms with Crippen molar-refractivity contribution in [1.29, 1.82) is 0 Å². The van der Waals surface area contributed by atoms with Crippen molar-refractivity contribution in [1.82, 2.24) is 4.90 Å². The normalized spacial score (nSPS) is 11.5. The van der Waals surface area contributed by atoms with Crippen molar-refractivity contribution in [2.24, 2.45) is 5.73 Å². The van der Waals surface area contributed by atoms with Crippen molar-refractivity contribution in [2.75, 3.05) is 33.4 Å². The molecule has 0 aromatic carbocycles. The van der Waals surface area contributed by atoms with E-state index in [1.54, 1.807) is 0 Å². The van der Waals surface area contributed by atoms with Gasteiger partial charge in [0.05, 0.1) is 6.61 Å². The second-order valence-corrected chi connectivity index (χ2v) is 2.71. The van der Waals surface area contributed by atoms with Crippen LogP contribution in [0.25, 0.3) is 0 Å². The van der Waals surface area contributed by atoms with Gasteiger partial charge in [-0.3, -0.25) is 4.79 Å². The van der Waals surface area contributed by atoms with Gasteiger partial charge in [0, 0.05) is 13.6 Å². The SMILES string of the molecule is CN(CC(F)(F)F)C(=O)COCCN. The van der Waals surface area contributed by atoms with E-state index in [9.17, 15) is 18.0 Å². The topological polar surface area (TPSA) is 55.6 Å². The van der Waals surface area contributed by atoms with Crippen molar-refractivity contribution < 1.29 is 22.7 Å². The lowest BCUT2D eigenvalue weighted by Gasteiger charge is -2.18. The zero-order valence-corrected chi connectivity index (χ0v) is 7.80. The number of nitrogens with two attached hydrogens (primary N) is 1. The van der Waals surface area contributed by atoms with Gasteiger partial charge < -0.3 is 15.4 Å². The van der Waals surface area contributed by atoms with E-state index in [0.717, 1.165) is 7.05 Å². The van der Waals surface area contributed by atoms with E-state index in [0.29, 0.717) is 4.90 Å². The Morgan fingerprint density at radius 3 is 2.50 bits per heavy atom. The second-order valence-electron chi connectivity index (χ2n) is 2.71. The molecule has 0 saturated carbocycles. The standard InChI is InChI=1S/C7H13F3N2O2/c1-12(5-7(8,9)10)6(13)4-14-3-2-11/h2-5,11H2,1H3. The molecule has 0 aromatic rings. The minimum atomic E-state index is -4.38. The van der Waals surface area contributed by atoms with Crippen LogP contribution in [0.4, 0.5) is 13.2 Å². The Morgan fingerprint density at radius 1 is 1.50 bits per heavy atom. The average molecular weight is 214 g/mol. The van der Waals surface area contributed by atoms with Crippen LogP contribution in [-0.2, 0) is 9.53 Å². The number of amides is 1. The first kappa shape index (κ1) is 13.2. The van der Waals surface area contributed by atoms with Gasteiger partial charge in [0.15, 0.2) is 0 Å². The van der Waals surface area contributed by atoms with Crippen LogP contribution in [0.3, 0.4) is 0 Å². The summed E-state index contributed by atoms with van der Waals surface area (Å²) in [6.07, 6.45) is -4.38. The number of nitrogens with zero attached hydrogens (tertiary/aromatic N) is 1. The van der Waals surface area contributed by atoms with Gasteiger partial charge in [0.25, 0.3) is 0 Å². The third kappa shape index (κ3) is 6.67. The molecule has 0 fully saturated rings. The molecule has 0 radical (unpaired) electrons. The Morgan fingerprint density at radius 2 is 2.07 bits per heavy atom. The lowest BCUT2D eigenvalue weighted by molar-refractivity contribution is -0.161. The monoisotopic (exact) mass is 214 g/mol. The molecular formula is C7H13F3N2O2. The van der Waals surface area contributed by atoms with Gasteiger partial charge in [-0.2, -0.15) is 13.2 Å². The van der Waals surface area contributed by atoms with E-state index in [4.69, 9.17) is 10.5 Å². The fourth-order valence-corrected chi connectivity index (χ4v) is 0.710. The molecule has 0 aliphatic heterocycles. The molecule has 1 amide bonds. The van der Waals surface area contributed by atoms with Crippen LogP contribution in [0.1, 0.15) is 0 Å². The van der Waals surface area contributed by atoms with E-state index < -0.39 is 18.6 Å². The number of carbonyl (C=O) groups excluding carboxylic acids is 1. The molecule has 4 nitrogen and oxygen atoms in total. The highest BCUT2D eigenvalue weighted by Crippen LogP contribution is 2.15. The Balaban J connectivity index is 3.77. The highest BCUT2D eigenvalue weighted by atomic mass is 19.4. The van der Waals surface area contributed by atoms with Crippen LogP contribution in [0.2, 0.25) is 0 Å². The van der Waals surface area contributed by atoms with Crippen LogP contribution in [-0.4, -0.2) is 50.3 Å². The number of carbonyl (C=O) groups is 1. The first-order valence-electron chi connectivity index (χ1n) is 3.95. The summed E-state index contributed by atoms with van der Waals surface area (Å²) in [7, 11) is 1.07. The Kier molecular flexibility index (Phi) is 5.47. The molecule has 0 rings (SSSR count). The fraction of sp³-hybridized carbons (Fsp3) is 0.857. The van der Waals surface area contributed by atoms with Gasteiger partial charge >= 0.3 is 6.18 Å². The van der Waals surface area contributed by atoms with E-state index >= 15 is 0 Å². The summed E-state index contributed by atoms with van der Waals surface area (Å²) < 4.78 is 40.1. The maximum atomic E-state index is 11.8. The van der Waals surface area contributed by atoms with Crippen molar-refractivity contribution >= 4 is 5.91 Å². The van der Waals surface area contributed by atoms with E-state index in [1.807, 2.05) is 0 Å². The van der Waals surface area contributed by atoms with Gasteiger partial charge in [-0.1, -0.05) is 0 Å². The van der Waals surface area contributed by atoms with Gasteiger partial charge in [-0.05, 0) is 0 Å². The summed E-state index contributed by atoms with van der Waals surface area (Å²) in [6, 6.07) is 0. The van der Waals surface area contributed by atoms with Crippen LogP contribution in [0, 0.1) is 0 Å². The molecule has 7 heteroatoms. The molecule has 0 aliphatic rings. The molecule has 0 spiro atoms. The molecule has 0 unspecified atom stereocenters. The Labute approximate surface area is 79.8 Å². The summed E-state index contributed by atoms with van der Waals surface area (Å²) in [5.74, 6) is -0.712. The quantitative estimate of drug-likeness (QED) is 0.654. The predicted molar refractivity (Wildman–Crippen MR) is 43.6 cm³/mol. The lowest BCUT2D eigenvalue weighted by atomic mass is 10.5. The number of alkyl halides is 3. The molecule has 0 aromatic heterocycles. The lowest BCUT2D eigenvalue weighted by Crippen LogP contribution is -2.38. The highest BCUT2D eigenvalue weighted by Gasteiger charge is 2.30. The van der Waals surface area contributed by atoms with Crippen molar-refractivity contribution in [2.45, 2.75) is 6.18 Å². The first-order chi connectivity index (χ1) is 6.37. The number of rotatable bonds is 5. The van der Waals surface area contributed by atoms with Crippen molar-refractivity contribution in [3.8, 4) is 0 Å². The molecule has 0 aliphatic carbocycles. The van der Waals surface area contributed by atoms with Crippen LogP contribution in [0.5, 0.6) is 0 Å². The van der Waals surface area contributed by atoms with Gasteiger partial charge in [-0.25, -0.2) is 0 Å². The first-order valence-corrected chi connectivity index (χ1v) is 3.95. The zero-order valence-electron chi connectivity index (χ0n) is 7.80. The Bertz CT molecular complexity index is 184. The summed E-state index contributed by atoms with van der Waals surface area (Å²) in [5, 5.41) is 0. The number of hydrogen-bond donors (Lipinski definition) is 1. The maximum absolute atomic E-state index is 11.8. The molecule has 0 heterocycles. The summed E-state index contributed by atoms with van der Waals surface area (Å²) in [4.78, 5) is 11.5. The Hall–Kier alpha value is -0.820. The average Bonchev–Trinajstić information content (AvgIpc) is 2.01. The minimum Gasteiger partial charge on any atom is -0.370 e. The van der Waals surface area contributed by atoms with Gasteiger partial charge in [-0.15, -0.1) is 0 Å². The van der Waals surface area contributed by atoms with Gasteiger partial charge in [0.2, 0.25) is 5.91 Å². The summed E-state index contributed by atoms with van der Waals surface area (Å²) in [5.41, 5.74) is 5.06. The smallest absolute Gasteiger partial charge is 0.370 e. The van der Waals surface area contributed by atoms with E-state index in [1.165, 1.54) is 0 Å². The number of halogens is 3.